The van der Waals surface area contributed by atoms with Crippen LogP contribution in [0.5, 0.6) is 0 Å². The number of carbonyl (C=O) groups is 1. The van der Waals surface area contributed by atoms with Crippen LogP contribution in [0.2, 0.25) is 0 Å². The van der Waals surface area contributed by atoms with Crippen molar-refractivity contribution in [2.45, 2.75) is 45.7 Å². The molecule has 0 fully saturated rings. The SMILES string of the molecule is CC(C)N(C)c1nc(-c2ccccc2)nc2c1CN(C(=O)CCc1ccccc1)CC2. The first kappa shape index (κ1) is 21.0. The maximum Gasteiger partial charge on any atom is 0.223 e. The minimum Gasteiger partial charge on any atom is -0.357 e. The molecule has 5 heteroatoms. The average molecular weight is 415 g/mol. The van der Waals surface area contributed by atoms with Crippen molar-refractivity contribution in [1.82, 2.24) is 14.9 Å². The van der Waals surface area contributed by atoms with E-state index in [-0.39, 0.29) is 5.91 Å². The molecule has 160 valence electrons. The standard InChI is InChI=1S/C26H30N4O/c1-19(2)29(3)26-22-18-30(24(31)15-14-20-10-6-4-7-11-20)17-16-23(22)27-25(28-26)21-12-8-5-9-13-21/h4-13,19H,14-18H2,1-3H3. The summed E-state index contributed by atoms with van der Waals surface area (Å²) in [6, 6.07) is 20.6. The van der Waals surface area contributed by atoms with E-state index in [1.54, 1.807) is 0 Å². The quantitative estimate of drug-likeness (QED) is 0.596. The molecule has 4 rings (SSSR count). The molecule has 0 atom stereocenters. The molecule has 1 amide bonds. The lowest BCUT2D eigenvalue weighted by Crippen LogP contribution is -2.38. The molecule has 0 radical (unpaired) electrons. The van der Waals surface area contributed by atoms with Crippen LogP contribution in [0, 0.1) is 0 Å². The van der Waals surface area contributed by atoms with Crippen molar-refractivity contribution >= 4 is 11.7 Å². The highest BCUT2D eigenvalue weighted by Crippen LogP contribution is 2.30. The zero-order valence-corrected chi connectivity index (χ0v) is 18.6. The summed E-state index contributed by atoms with van der Waals surface area (Å²) in [4.78, 5) is 26.9. The number of anilines is 1. The average Bonchev–Trinajstić information content (AvgIpc) is 2.82. The first-order valence-electron chi connectivity index (χ1n) is 11.0. The fraction of sp³-hybridized carbons (Fsp3) is 0.346. The number of aromatic nitrogens is 2. The van der Waals surface area contributed by atoms with Gasteiger partial charge in [-0.3, -0.25) is 4.79 Å². The Morgan fingerprint density at radius 1 is 1.03 bits per heavy atom. The van der Waals surface area contributed by atoms with Gasteiger partial charge in [0.2, 0.25) is 5.91 Å². The summed E-state index contributed by atoms with van der Waals surface area (Å²) >= 11 is 0. The van der Waals surface area contributed by atoms with E-state index in [4.69, 9.17) is 9.97 Å². The zero-order valence-electron chi connectivity index (χ0n) is 18.6. The van der Waals surface area contributed by atoms with Crippen LogP contribution in [0.4, 0.5) is 5.82 Å². The topological polar surface area (TPSA) is 49.3 Å². The van der Waals surface area contributed by atoms with Gasteiger partial charge in [0.25, 0.3) is 0 Å². The van der Waals surface area contributed by atoms with Crippen molar-refractivity contribution in [3.05, 3.63) is 77.5 Å². The van der Waals surface area contributed by atoms with Crippen molar-refractivity contribution in [3.63, 3.8) is 0 Å². The number of nitrogens with zero attached hydrogens (tertiary/aromatic N) is 4. The molecular formula is C26H30N4O. The first-order chi connectivity index (χ1) is 15.0. The summed E-state index contributed by atoms with van der Waals surface area (Å²) in [7, 11) is 2.07. The number of rotatable bonds is 6. The van der Waals surface area contributed by atoms with Gasteiger partial charge in [0, 0.05) is 43.6 Å². The Balaban J connectivity index is 1.59. The molecule has 0 saturated carbocycles. The maximum atomic E-state index is 13.0. The van der Waals surface area contributed by atoms with Crippen molar-refractivity contribution in [3.8, 4) is 11.4 Å². The van der Waals surface area contributed by atoms with Gasteiger partial charge in [0.15, 0.2) is 5.82 Å². The molecule has 0 unspecified atom stereocenters. The summed E-state index contributed by atoms with van der Waals surface area (Å²) in [5, 5.41) is 0. The third-order valence-electron chi connectivity index (χ3n) is 6.00. The van der Waals surface area contributed by atoms with Crippen LogP contribution in [0.3, 0.4) is 0 Å². The van der Waals surface area contributed by atoms with E-state index in [2.05, 4.69) is 37.9 Å². The van der Waals surface area contributed by atoms with E-state index in [0.29, 0.717) is 25.6 Å². The number of hydrogen-bond donors (Lipinski definition) is 0. The fourth-order valence-electron chi connectivity index (χ4n) is 3.92. The van der Waals surface area contributed by atoms with Crippen LogP contribution in [0.15, 0.2) is 60.7 Å². The molecule has 1 aromatic heterocycles. The molecule has 3 aromatic rings. The van der Waals surface area contributed by atoms with Crippen LogP contribution in [0.25, 0.3) is 11.4 Å². The highest BCUT2D eigenvalue weighted by atomic mass is 16.2. The monoisotopic (exact) mass is 414 g/mol. The van der Waals surface area contributed by atoms with Gasteiger partial charge >= 0.3 is 0 Å². The Labute approximate surface area is 184 Å². The molecule has 2 aromatic carbocycles. The third-order valence-corrected chi connectivity index (χ3v) is 6.00. The summed E-state index contributed by atoms with van der Waals surface area (Å²) < 4.78 is 0. The van der Waals surface area contributed by atoms with Crippen LogP contribution in [0.1, 0.15) is 37.1 Å². The molecule has 0 saturated heterocycles. The van der Waals surface area contributed by atoms with Crippen LogP contribution >= 0.6 is 0 Å². The van der Waals surface area contributed by atoms with Crippen LogP contribution in [-0.2, 0) is 24.2 Å². The minimum absolute atomic E-state index is 0.194. The lowest BCUT2D eigenvalue weighted by atomic mass is 10.0. The van der Waals surface area contributed by atoms with Crippen molar-refractivity contribution in [2.75, 3.05) is 18.5 Å². The molecule has 2 heterocycles. The van der Waals surface area contributed by atoms with Gasteiger partial charge in [-0.25, -0.2) is 9.97 Å². The molecule has 0 N–H and O–H groups in total. The van der Waals surface area contributed by atoms with Gasteiger partial charge in [-0.15, -0.1) is 0 Å². The number of benzene rings is 2. The largest absolute Gasteiger partial charge is 0.357 e. The lowest BCUT2D eigenvalue weighted by molar-refractivity contribution is -0.132. The fourth-order valence-corrected chi connectivity index (χ4v) is 3.92. The Kier molecular flexibility index (Phi) is 6.31. The van der Waals surface area contributed by atoms with Gasteiger partial charge < -0.3 is 9.80 Å². The molecule has 0 spiro atoms. The number of amides is 1. The van der Waals surface area contributed by atoms with E-state index in [1.807, 2.05) is 53.4 Å². The van der Waals surface area contributed by atoms with Gasteiger partial charge in [-0.1, -0.05) is 60.7 Å². The number of aryl methyl sites for hydroxylation is 1. The van der Waals surface area contributed by atoms with Crippen LogP contribution in [-0.4, -0.2) is 40.4 Å². The number of hydrogen-bond acceptors (Lipinski definition) is 4. The zero-order chi connectivity index (χ0) is 21.8. The summed E-state index contributed by atoms with van der Waals surface area (Å²) in [6.45, 7) is 5.59. The summed E-state index contributed by atoms with van der Waals surface area (Å²) in [6.07, 6.45) is 2.05. The van der Waals surface area contributed by atoms with E-state index in [9.17, 15) is 4.79 Å². The normalized spacial score (nSPS) is 13.2. The molecule has 1 aliphatic heterocycles. The Morgan fingerprint density at radius 3 is 2.39 bits per heavy atom. The third kappa shape index (κ3) is 4.76. The Morgan fingerprint density at radius 2 is 1.71 bits per heavy atom. The first-order valence-corrected chi connectivity index (χ1v) is 11.0. The molecule has 1 aliphatic rings. The van der Waals surface area contributed by atoms with Crippen LogP contribution < -0.4 is 4.90 Å². The van der Waals surface area contributed by atoms with E-state index in [0.717, 1.165) is 41.3 Å². The molecule has 0 bridgehead atoms. The van der Waals surface area contributed by atoms with Crippen molar-refractivity contribution in [2.24, 2.45) is 0 Å². The summed E-state index contributed by atoms with van der Waals surface area (Å²) in [5.74, 6) is 1.88. The second-order valence-corrected chi connectivity index (χ2v) is 8.42. The highest BCUT2D eigenvalue weighted by Gasteiger charge is 2.27. The van der Waals surface area contributed by atoms with Crippen molar-refractivity contribution in [1.29, 1.82) is 0 Å². The van der Waals surface area contributed by atoms with E-state index < -0.39 is 0 Å². The number of fused-ring (bicyclic) bond motifs is 1. The summed E-state index contributed by atoms with van der Waals surface area (Å²) in [5.41, 5.74) is 4.35. The van der Waals surface area contributed by atoms with Gasteiger partial charge in [-0.2, -0.15) is 0 Å². The second-order valence-electron chi connectivity index (χ2n) is 8.42. The predicted octanol–water partition coefficient (Wildman–Crippen LogP) is 4.51. The second kappa shape index (κ2) is 9.29. The molecular weight excluding hydrogens is 384 g/mol. The lowest BCUT2D eigenvalue weighted by Gasteiger charge is -2.33. The molecule has 0 aliphatic carbocycles. The predicted molar refractivity (Wildman–Crippen MR) is 125 cm³/mol. The van der Waals surface area contributed by atoms with Crippen molar-refractivity contribution < 1.29 is 4.79 Å². The van der Waals surface area contributed by atoms with E-state index >= 15 is 0 Å². The number of carbonyl (C=O) groups excluding carboxylic acids is 1. The maximum absolute atomic E-state index is 13.0. The highest BCUT2D eigenvalue weighted by molar-refractivity contribution is 5.77. The Hall–Kier alpha value is -3.21. The van der Waals surface area contributed by atoms with Gasteiger partial charge in [0.05, 0.1) is 12.2 Å². The Bertz CT molecular complexity index is 1030. The smallest absolute Gasteiger partial charge is 0.223 e. The van der Waals surface area contributed by atoms with Gasteiger partial charge in [0.1, 0.15) is 5.82 Å². The molecule has 31 heavy (non-hydrogen) atoms. The van der Waals surface area contributed by atoms with E-state index in [1.165, 1.54) is 5.56 Å². The molecule has 5 nitrogen and oxygen atoms in total. The van der Waals surface area contributed by atoms with Gasteiger partial charge in [-0.05, 0) is 25.8 Å². The minimum atomic E-state index is 0.194.